The van der Waals surface area contributed by atoms with Gasteiger partial charge < -0.3 is 5.32 Å². The Morgan fingerprint density at radius 1 is 1.38 bits per heavy atom. The molecule has 1 rings (SSSR count). The van der Waals surface area contributed by atoms with E-state index in [0.717, 1.165) is 12.8 Å². The molecule has 0 aromatic carbocycles. The lowest BCUT2D eigenvalue weighted by molar-refractivity contribution is 0.473. The van der Waals surface area contributed by atoms with Crippen molar-refractivity contribution >= 4 is 21.8 Å². The van der Waals surface area contributed by atoms with Crippen LogP contribution in [0.4, 0.5) is 0 Å². The van der Waals surface area contributed by atoms with Crippen LogP contribution in [0.3, 0.4) is 0 Å². The fourth-order valence-corrected chi connectivity index (χ4v) is 4.07. The summed E-state index contributed by atoms with van der Waals surface area (Å²) in [6, 6.07) is 0. The van der Waals surface area contributed by atoms with Gasteiger partial charge in [-0.05, 0) is 44.2 Å². The van der Waals surface area contributed by atoms with Crippen LogP contribution < -0.4 is 10.0 Å². The van der Waals surface area contributed by atoms with Crippen LogP contribution in [-0.2, 0) is 10.0 Å². The van der Waals surface area contributed by atoms with E-state index in [-0.39, 0.29) is 5.25 Å². The van der Waals surface area contributed by atoms with Crippen LogP contribution in [0.15, 0.2) is 0 Å². The van der Waals surface area contributed by atoms with Crippen molar-refractivity contribution in [2.45, 2.75) is 25.0 Å². The quantitative estimate of drug-likeness (QED) is 0.741. The van der Waals surface area contributed by atoms with Gasteiger partial charge in [-0.1, -0.05) is 0 Å². The van der Waals surface area contributed by atoms with E-state index in [4.69, 9.17) is 0 Å². The molecule has 16 heavy (non-hydrogen) atoms. The van der Waals surface area contributed by atoms with Crippen molar-refractivity contribution in [1.82, 2.24) is 10.0 Å². The number of thioether (sulfide) groups is 1. The topological polar surface area (TPSA) is 58.2 Å². The third-order valence-electron chi connectivity index (χ3n) is 2.94. The lowest BCUT2D eigenvalue weighted by atomic mass is 10.0. The zero-order valence-electron chi connectivity index (χ0n) is 10.0. The lowest BCUT2D eigenvalue weighted by Crippen LogP contribution is -2.40. The number of hydrogen-bond acceptors (Lipinski definition) is 4. The summed E-state index contributed by atoms with van der Waals surface area (Å²) in [6.45, 7) is 2.84. The minimum atomic E-state index is -3.14. The predicted molar refractivity (Wildman–Crippen MR) is 70.4 cm³/mol. The van der Waals surface area contributed by atoms with E-state index in [0.29, 0.717) is 19.0 Å². The monoisotopic (exact) mass is 266 g/mol. The second kappa shape index (κ2) is 6.83. The van der Waals surface area contributed by atoms with Crippen LogP contribution in [0.5, 0.6) is 0 Å². The molecule has 1 saturated heterocycles. The van der Waals surface area contributed by atoms with Gasteiger partial charge in [0.05, 0.1) is 5.25 Å². The van der Waals surface area contributed by atoms with E-state index >= 15 is 0 Å². The second-order valence-corrected chi connectivity index (χ2v) is 7.73. The maximum atomic E-state index is 11.8. The summed E-state index contributed by atoms with van der Waals surface area (Å²) in [5, 5.41) is 2.52. The largest absolute Gasteiger partial charge is 0.318 e. The predicted octanol–water partition coefficient (Wildman–Crippen LogP) is 0.657. The van der Waals surface area contributed by atoms with Crippen LogP contribution in [0, 0.1) is 5.92 Å². The van der Waals surface area contributed by atoms with Crippen molar-refractivity contribution < 1.29 is 8.42 Å². The molecule has 1 unspecified atom stereocenters. The molecule has 96 valence electrons. The highest BCUT2D eigenvalue weighted by Crippen LogP contribution is 2.22. The Hall–Kier alpha value is 0.220. The van der Waals surface area contributed by atoms with Gasteiger partial charge in [-0.2, -0.15) is 11.8 Å². The van der Waals surface area contributed by atoms with Gasteiger partial charge in [-0.15, -0.1) is 0 Å². The van der Waals surface area contributed by atoms with Gasteiger partial charge in [0, 0.05) is 13.1 Å². The van der Waals surface area contributed by atoms with Crippen LogP contribution in [0.1, 0.15) is 19.8 Å². The molecule has 0 aliphatic carbocycles. The molecule has 1 atom stereocenters. The summed E-state index contributed by atoms with van der Waals surface area (Å²) < 4.78 is 26.3. The summed E-state index contributed by atoms with van der Waals surface area (Å²) >= 11 is 1.96. The third kappa shape index (κ3) is 4.61. The zero-order valence-corrected chi connectivity index (χ0v) is 11.7. The highest BCUT2D eigenvalue weighted by molar-refractivity contribution is 7.99. The normalized spacial score (nSPS) is 20.9. The molecule has 0 amide bonds. The van der Waals surface area contributed by atoms with Gasteiger partial charge in [-0.25, -0.2) is 13.1 Å². The smallest absolute Gasteiger partial charge is 0.215 e. The molecule has 0 spiro atoms. The summed E-state index contributed by atoms with van der Waals surface area (Å²) in [5.74, 6) is 2.86. The summed E-state index contributed by atoms with van der Waals surface area (Å²) in [7, 11) is -1.37. The van der Waals surface area contributed by atoms with Gasteiger partial charge in [0.25, 0.3) is 0 Å². The molecule has 4 nitrogen and oxygen atoms in total. The molecule has 0 aromatic heterocycles. The van der Waals surface area contributed by atoms with E-state index < -0.39 is 10.0 Å². The van der Waals surface area contributed by atoms with Crippen LogP contribution in [-0.4, -0.2) is 45.3 Å². The Morgan fingerprint density at radius 2 is 2.00 bits per heavy atom. The molecule has 1 heterocycles. The summed E-state index contributed by atoms with van der Waals surface area (Å²) in [5.41, 5.74) is 0. The molecule has 6 heteroatoms. The van der Waals surface area contributed by atoms with Gasteiger partial charge in [-0.3, -0.25) is 0 Å². The molecular formula is C10H22N2O2S2. The molecule has 0 saturated carbocycles. The maximum Gasteiger partial charge on any atom is 0.215 e. The Morgan fingerprint density at radius 3 is 2.56 bits per heavy atom. The molecular weight excluding hydrogens is 244 g/mol. The first-order valence-electron chi connectivity index (χ1n) is 5.77. The van der Waals surface area contributed by atoms with Crippen LogP contribution in [0.2, 0.25) is 0 Å². The number of sulfonamides is 1. The Kier molecular flexibility index (Phi) is 6.10. The minimum absolute atomic E-state index is 0.365. The zero-order chi connectivity index (χ0) is 12.0. The number of nitrogens with one attached hydrogen (secondary N) is 2. The van der Waals surface area contributed by atoms with Crippen molar-refractivity contribution in [2.24, 2.45) is 5.92 Å². The maximum absolute atomic E-state index is 11.8. The standard InChI is InChI=1S/C10H22N2O2S2/c1-9(7-11-2)16(13,14)12-8-10-3-5-15-6-4-10/h9-12H,3-8H2,1-2H3. The highest BCUT2D eigenvalue weighted by atomic mass is 32.2. The van der Waals surface area contributed by atoms with E-state index in [2.05, 4.69) is 10.0 Å². The average Bonchev–Trinajstić information content (AvgIpc) is 2.28. The number of rotatable bonds is 6. The minimum Gasteiger partial charge on any atom is -0.318 e. The fraction of sp³-hybridized carbons (Fsp3) is 1.00. The van der Waals surface area contributed by atoms with Gasteiger partial charge in [0.2, 0.25) is 10.0 Å². The molecule has 1 fully saturated rings. The van der Waals surface area contributed by atoms with Crippen molar-refractivity contribution in [3.63, 3.8) is 0 Å². The van der Waals surface area contributed by atoms with Gasteiger partial charge in [0.15, 0.2) is 0 Å². The fourth-order valence-electron chi connectivity index (χ4n) is 1.72. The first-order chi connectivity index (χ1) is 7.56. The average molecular weight is 266 g/mol. The second-order valence-electron chi connectivity index (χ2n) is 4.32. The van der Waals surface area contributed by atoms with Crippen LogP contribution in [0.25, 0.3) is 0 Å². The van der Waals surface area contributed by atoms with E-state index in [1.165, 1.54) is 11.5 Å². The lowest BCUT2D eigenvalue weighted by Gasteiger charge is -2.22. The molecule has 0 aromatic rings. The Balaban J connectivity index is 2.34. The molecule has 2 N–H and O–H groups in total. The highest BCUT2D eigenvalue weighted by Gasteiger charge is 2.22. The van der Waals surface area contributed by atoms with Crippen molar-refractivity contribution in [2.75, 3.05) is 31.6 Å². The molecule has 0 radical (unpaired) electrons. The van der Waals surface area contributed by atoms with E-state index in [1.807, 2.05) is 11.8 Å². The number of hydrogen-bond donors (Lipinski definition) is 2. The third-order valence-corrected chi connectivity index (χ3v) is 5.78. The molecule has 0 bridgehead atoms. The Labute approximate surface area is 103 Å². The van der Waals surface area contributed by atoms with Crippen molar-refractivity contribution in [3.8, 4) is 0 Å². The first kappa shape index (κ1) is 14.3. The van der Waals surface area contributed by atoms with Gasteiger partial charge in [0.1, 0.15) is 0 Å². The summed E-state index contributed by atoms with van der Waals surface area (Å²) in [4.78, 5) is 0. The van der Waals surface area contributed by atoms with Crippen LogP contribution >= 0.6 is 11.8 Å². The SMILES string of the molecule is CNCC(C)S(=O)(=O)NCC1CCSCC1. The first-order valence-corrected chi connectivity index (χ1v) is 8.47. The molecule has 1 aliphatic heterocycles. The van der Waals surface area contributed by atoms with E-state index in [1.54, 1.807) is 14.0 Å². The van der Waals surface area contributed by atoms with Crippen molar-refractivity contribution in [3.05, 3.63) is 0 Å². The van der Waals surface area contributed by atoms with Crippen molar-refractivity contribution in [1.29, 1.82) is 0 Å². The summed E-state index contributed by atoms with van der Waals surface area (Å²) in [6.07, 6.45) is 2.27. The van der Waals surface area contributed by atoms with Gasteiger partial charge >= 0.3 is 0 Å². The van der Waals surface area contributed by atoms with E-state index in [9.17, 15) is 8.42 Å². The Bertz CT molecular complexity index is 287. The molecule has 1 aliphatic rings.